The quantitative estimate of drug-likeness (QED) is 0.505. The normalized spacial score (nSPS) is 16.1. The summed E-state index contributed by atoms with van der Waals surface area (Å²) in [5.41, 5.74) is 9.08. The minimum absolute atomic E-state index is 0.110. The number of nitrogens with two attached hydrogens (primary N) is 1. The van der Waals surface area contributed by atoms with Gasteiger partial charge in [-0.3, -0.25) is 14.8 Å². The topological polar surface area (TPSA) is 95.7 Å². The molecule has 150 valence electrons. The highest BCUT2D eigenvalue weighted by Gasteiger charge is 2.24. The van der Waals surface area contributed by atoms with Gasteiger partial charge in [-0.25, -0.2) is 5.48 Å². The molecule has 3 rings (SSSR count). The Morgan fingerprint density at radius 2 is 1.86 bits per heavy atom. The summed E-state index contributed by atoms with van der Waals surface area (Å²) in [6, 6.07) is 13.9. The van der Waals surface area contributed by atoms with E-state index in [9.17, 15) is 9.59 Å². The number of carbonyl (C=O) groups excluding carboxylic acids is 2. The van der Waals surface area contributed by atoms with Crippen molar-refractivity contribution in [3.05, 3.63) is 48.0 Å². The molecule has 6 nitrogen and oxygen atoms in total. The van der Waals surface area contributed by atoms with E-state index in [4.69, 9.17) is 10.9 Å². The van der Waals surface area contributed by atoms with Crippen molar-refractivity contribution >= 4 is 22.6 Å². The van der Waals surface area contributed by atoms with Gasteiger partial charge in [-0.2, -0.15) is 0 Å². The predicted octanol–water partition coefficient (Wildman–Crippen LogP) is 3.14. The van der Waals surface area contributed by atoms with Crippen LogP contribution in [0.2, 0.25) is 0 Å². The highest BCUT2D eigenvalue weighted by molar-refractivity contribution is 5.87. The smallest absolute Gasteiger partial charge is 0.243 e. The van der Waals surface area contributed by atoms with E-state index in [2.05, 4.69) is 18.2 Å². The molecule has 1 heterocycles. The van der Waals surface area contributed by atoms with E-state index < -0.39 is 0 Å². The molecular weight excluding hydrogens is 354 g/mol. The highest BCUT2D eigenvalue weighted by Crippen LogP contribution is 2.27. The van der Waals surface area contributed by atoms with Gasteiger partial charge in [-0.15, -0.1) is 0 Å². The summed E-state index contributed by atoms with van der Waals surface area (Å²) in [5, 5.41) is 10.8. The fourth-order valence-corrected chi connectivity index (χ4v) is 4.08. The molecule has 1 unspecified atom stereocenters. The van der Waals surface area contributed by atoms with Crippen molar-refractivity contribution in [2.75, 3.05) is 13.1 Å². The number of hydrogen-bond acceptors (Lipinski definition) is 4. The Morgan fingerprint density at radius 1 is 1.14 bits per heavy atom. The Morgan fingerprint density at radius 3 is 2.61 bits per heavy atom. The lowest BCUT2D eigenvalue weighted by Crippen LogP contribution is -2.39. The van der Waals surface area contributed by atoms with Gasteiger partial charge in [0, 0.05) is 32.0 Å². The zero-order valence-electron chi connectivity index (χ0n) is 16.1. The molecule has 0 spiro atoms. The number of hydroxylamine groups is 1. The average molecular weight is 383 g/mol. The SMILES string of the molecule is NC(CC(=O)N1CCC(CCCC(=O)NO)CC1)c1cccc2ccccc12. The minimum Gasteiger partial charge on any atom is -0.343 e. The summed E-state index contributed by atoms with van der Waals surface area (Å²) in [6.07, 6.45) is 4.28. The Bertz CT molecular complexity index is 810. The van der Waals surface area contributed by atoms with E-state index in [1.165, 1.54) is 0 Å². The number of piperidine rings is 1. The molecule has 1 atom stereocenters. The summed E-state index contributed by atoms with van der Waals surface area (Å²) in [6.45, 7) is 1.50. The fourth-order valence-electron chi connectivity index (χ4n) is 4.08. The van der Waals surface area contributed by atoms with Crippen LogP contribution in [-0.4, -0.2) is 35.0 Å². The van der Waals surface area contributed by atoms with Crippen LogP contribution in [0.5, 0.6) is 0 Å². The standard InChI is InChI=1S/C22H29N3O3/c23-20(19-9-4-7-17-6-1-2-8-18(17)19)15-22(27)25-13-11-16(12-14-25)5-3-10-21(26)24-28/h1-2,4,6-9,16,20,28H,3,5,10-15,23H2,(H,24,26). The van der Waals surface area contributed by atoms with E-state index >= 15 is 0 Å². The fraction of sp³-hybridized carbons (Fsp3) is 0.455. The lowest BCUT2D eigenvalue weighted by molar-refractivity contribution is -0.133. The Labute approximate surface area is 165 Å². The van der Waals surface area contributed by atoms with Crippen LogP contribution in [0.4, 0.5) is 0 Å². The van der Waals surface area contributed by atoms with Gasteiger partial charge in [-0.1, -0.05) is 42.5 Å². The number of nitrogens with zero attached hydrogens (tertiary/aromatic N) is 1. The van der Waals surface area contributed by atoms with Gasteiger partial charge in [0.25, 0.3) is 0 Å². The molecule has 0 saturated carbocycles. The molecule has 2 aromatic rings. The molecule has 0 aliphatic carbocycles. The lowest BCUT2D eigenvalue weighted by atomic mass is 9.91. The number of likely N-dealkylation sites (tertiary alicyclic amines) is 1. The van der Waals surface area contributed by atoms with Crippen LogP contribution < -0.4 is 11.2 Å². The monoisotopic (exact) mass is 383 g/mol. The first kappa shape index (κ1) is 20.3. The second-order valence-electron chi connectivity index (χ2n) is 7.63. The molecule has 0 radical (unpaired) electrons. The second-order valence-corrected chi connectivity index (χ2v) is 7.63. The van der Waals surface area contributed by atoms with E-state index in [1.807, 2.05) is 29.2 Å². The zero-order chi connectivity index (χ0) is 19.9. The van der Waals surface area contributed by atoms with Crippen LogP contribution >= 0.6 is 0 Å². The molecule has 1 saturated heterocycles. The number of benzene rings is 2. The summed E-state index contributed by atoms with van der Waals surface area (Å²) in [5.74, 6) is 0.302. The van der Waals surface area contributed by atoms with Crippen LogP contribution in [0.3, 0.4) is 0 Å². The first-order chi connectivity index (χ1) is 13.6. The van der Waals surface area contributed by atoms with Crippen molar-refractivity contribution in [1.82, 2.24) is 10.4 Å². The lowest BCUT2D eigenvalue weighted by Gasteiger charge is -2.32. The molecular formula is C22H29N3O3. The molecule has 2 amide bonds. The van der Waals surface area contributed by atoms with Gasteiger partial charge in [0.15, 0.2) is 0 Å². The number of carbonyl (C=O) groups is 2. The third kappa shape index (κ3) is 5.09. The largest absolute Gasteiger partial charge is 0.343 e. The first-order valence-electron chi connectivity index (χ1n) is 10.0. The second kappa shape index (κ2) is 9.66. The summed E-state index contributed by atoms with van der Waals surface area (Å²) in [4.78, 5) is 25.7. The Balaban J connectivity index is 1.49. The number of amides is 2. The number of fused-ring (bicyclic) bond motifs is 1. The van der Waals surface area contributed by atoms with E-state index in [0.29, 0.717) is 18.8 Å². The van der Waals surface area contributed by atoms with Crippen molar-refractivity contribution in [2.45, 2.75) is 44.6 Å². The molecule has 1 aliphatic heterocycles. The molecule has 28 heavy (non-hydrogen) atoms. The number of rotatable bonds is 7. The van der Waals surface area contributed by atoms with Crippen LogP contribution in [0.1, 0.15) is 50.1 Å². The zero-order valence-corrected chi connectivity index (χ0v) is 16.1. The van der Waals surface area contributed by atoms with E-state index in [1.54, 1.807) is 5.48 Å². The van der Waals surface area contributed by atoms with Crippen LogP contribution in [0, 0.1) is 5.92 Å². The maximum Gasteiger partial charge on any atom is 0.243 e. The molecule has 6 heteroatoms. The predicted molar refractivity (Wildman–Crippen MR) is 109 cm³/mol. The maximum atomic E-state index is 12.7. The maximum absolute atomic E-state index is 12.7. The van der Waals surface area contributed by atoms with Crippen LogP contribution in [-0.2, 0) is 9.59 Å². The summed E-state index contributed by atoms with van der Waals surface area (Å²) in [7, 11) is 0. The molecule has 0 aromatic heterocycles. The van der Waals surface area contributed by atoms with Gasteiger partial charge in [0.1, 0.15) is 0 Å². The number of hydrogen-bond donors (Lipinski definition) is 3. The van der Waals surface area contributed by atoms with E-state index in [-0.39, 0.29) is 17.9 Å². The molecule has 4 N–H and O–H groups in total. The average Bonchev–Trinajstić information content (AvgIpc) is 2.73. The van der Waals surface area contributed by atoms with Crippen molar-refractivity contribution in [3.8, 4) is 0 Å². The first-order valence-corrected chi connectivity index (χ1v) is 10.0. The van der Waals surface area contributed by atoms with Crippen molar-refractivity contribution < 1.29 is 14.8 Å². The summed E-state index contributed by atoms with van der Waals surface area (Å²) >= 11 is 0. The van der Waals surface area contributed by atoms with Gasteiger partial charge in [0.05, 0.1) is 0 Å². The Hall–Kier alpha value is -2.44. The molecule has 1 fully saturated rings. The molecule has 1 aliphatic rings. The third-order valence-electron chi connectivity index (χ3n) is 5.73. The Kier molecular flexibility index (Phi) is 7.01. The highest BCUT2D eigenvalue weighted by atomic mass is 16.5. The van der Waals surface area contributed by atoms with Crippen molar-refractivity contribution in [2.24, 2.45) is 11.7 Å². The van der Waals surface area contributed by atoms with Gasteiger partial charge in [0.2, 0.25) is 11.8 Å². The van der Waals surface area contributed by atoms with Gasteiger partial charge >= 0.3 is 0 Å². The van der Waals surface area contributed by atoms with Gasteiger partial charge < -0.3 is 10.6 Å². The summed E-state index contributed by atoms with van der Waals surface area (Å²) < 4.78 is 0. The molecule has 0 bridgehead atoms. The van der Waals surface area contributed by atoms with Gasteiger partial charge in [-0.05, 0) is 47.9 Å². The van der Waals surface area contributed by atoms with Crippen LogP contribution in [0.25, 0.3) is 10.8 Å². The van der Waals surface area contributed by atoms with E-state index in [0.717, 1.165) is 55.1 Å². The molecule has 2 aromatic carbocycles. The van der Waals surface area contributed by atoms with Crippen molar-refractivity contribution in [1.29, 1.82) is 0 Å². The van der Waals surface area contributed by atoms with Crippen molar-refractivity contribution in [3.63, 3.8) is 0 Å². The number of nitrogens with one attached hydrogen (secondary N) is 1. The van der Waals surface area contributed by atoms with Crippen LogP contribution in [0.15, 0.2) is 42.5 Å². The third-order valence-corrected chi connectivity index (χ3v) is 5.73. The minimum atomic E-state index is -0.338.